The molecule has 0 bridgehead atoms. The molecule has 1 aliphatic rings. The van der Waals surface area contributed by atoms with Crippen LogP contribution in [0.3, 0.4) is 0 Å². The lowest BCUT2D eigenvalue weighted by Gasteiger charge is -2.36. The Balaban J connectivity index is 1.31. The van der Waals surface area contributed by atoms with Crippen molar-refractivity contribution in [1.29, 1.82) is 0 Å². The van der Waals surface area contributed by atoms with E-state index in [0.717, 1.165) is 54.7 Å². The molecule has 3 aromatic rings. The summed E-state index contributed by atoms with van der Waals surface area (Å²) in [4.78, 5) is 26.0. The van der Waals surface area contributed by atoms with E-state index in [1.807, 2.05) is 31.2 Å². The number of carbonyl (C=O) groups excluding carboxylic acids is 1. The number of aromatic nitrogens is 2. The van der Waals surface area contributed by atoms with E-state index in [0.29, 0.717) is 10.2 Å². The SMILES string of the molecule is COc1cccc(N2CCN(c3ccnc(SCC(=O)Nc4cc(Cl)ccc4C)n3)CC2)c1. The number of thioether (sulfide) groups is 1. The van der Waals surface area contributed by atoms with Crippen molar-refractivity contribution < 1.29 is 9.53 Å². The molecule has 1 aromatic heterocycles. The average molecular weight is 484 g/mol. The Morgan fingerprint density at radius 2 is 1.91 bits per heavy atom. The number of benzene rings is 2. The Hall–Kier alpha value is -2.97. The monoisotopic (exact) mass is 483 g/mol. The molecule has 0 unspecified atom stereocenters. The molecule has 1 N–H and O–H groups in total. The van der Waals surface area contributed by atoms with Crippen molar-refractivity contribution in [3.8, 4) is 5.75 Å². The van der Waals surface area contributed by atoms with Crippen molar-refractivity contribution in [3.05, 3.63) is 65.3 Å². The van der Waals surface area contributed by atoms with Crippen molar-refractivity contribution >= 4 is 46.5 Å². The lowest BCUT2D eigenvalue weighted by molar-refractivity contribution is -0.113. The maximum Gasteiger partial charge on any atom is 0.234 e. The number of hydrogen-bond acceptors (Lipinski definition) is 7. The zero-order valence-corrected chi connectivity index (χ0v) is 20.2. The van der Waals surface area contributed by atoms with Crippen molar-refractivity contribution in [2.24, 2.45) is 0 Å². The van der Waals surface area contributed by atoms with Gasteiger partial charge in [-0.25, -0.2) is 9.97 Å². The number of methoxy groups -OCH3 is 1. The van der Waals surface area contributed by atoms with Crippen LogP contribution in [0.2, 0.25) is 5.02 Å². The summed E-state index contributed by atoms with van der Waals surface area (Å²) in [5.74, 6) is 1.84. The molecule has 1 aliphatic heterocycles. The van der Waals surface area contributed by atoms with Gasteiger partial charge in [0.05, 0.1) is 12.9 Å². The second-order valence-corrected chi connectivity index (χ2v) is 9.05. The molecule has 0 atom stereocenters. The predicted octanol–water partition coefficient (Wildman–Crippen LogP) is 4.50. The average Bonchev–Trinajstić information content (AvgIpc) is 2.85. The summed E-state index contributed by atoms with van der Waals surface area (Å²) in [7, 11) is 1.68. The van der Waals surface area contributed by atoms with Gasteiger partial charge in [0.2, 0.25) is 5.91 Å². The molecule has 2 aromatic carbocycles. The first-order chi connectivity index (χ1) is 16.0. The van der Waals surface area contributed by atoms with E-state index in [9.17, 15) is 4.79 Å². The van der Waals surface area contributed by atoms with Gasteiger partial charge in [0.25, 0.3) is 0 Å². The molecule has 9 heteroatoms. The van der Waals surface area contributed by atoms with E-state index in [1.165, 1.54) is 11.8 Å². The topological polar surface area (TPSA) is 70.6 Å². The minimum atomic E-state index is -0.119. The Kier molecular flexibility index (Phi) is 7.57. The fourth-order valence-electron chi connectivity index (χ4n) is 3.62. The normalized spacial score (nSPS) is 13.7. The van der Waals surface area contributed by atoms with E-state index in [1.54, 1.807) is 25.4 Å². The minimum absolute atomic E-state index is 0.119. The van der Waals surface area contributed by atoms with Crippen LogP contribution in [-0.4, -0.2) is 54.9 Å². The van der Waals surface area contributed by atoms with E-state index < -0.39 is 0 Å². The third-order valence-electron chi connectivity index (χ3n) is 5.45. The third kappa shape index (κ3) is 6.09. The highest BCUT2D eigenvalue weighted by atomic mass is 35.5. The highest BCUT2D eigenvalue weighted by Crippen LogP contribution is 2.25. The largest absolute Gasteiger partial charge is 0.497 e. The first-order valence-electron chi connectivity index (χ1n) is 10.7. The van der Waals surface area contributed by atoms with Crippen LogP contribution in [0.5, 0.6) is 5.75 Å². The number of nitrogens with zero attached hydrogens (tertiary/aromatic N) is 4. The molecule has 172 valence electrons. The van der Waals surface area contributed by atoms with E-state index in [-0.39, 0.29) is 11.7 Å². The second kappa shape index (κ2) is 10.8. The maximum absolute atomic E-state index is 12.4. The van der Waals surface area contributed by atoms with Crippen LogP contribution in [-0.2, 0) is 4.79 Å². The maximum atomic E-state index is 12.4. The van der Waals surface area contributed by atoms with E-state index in [2.05, 4.69) is 37.2 Å². The van der Waals surface area contributed by atoms with Gasteiger partial charge in [0, 0.05) is 54.8 Å². The van der Waals surface area contributed by atoms with Crippen LogP contribution in [0.25, 0.3) is 0 Å². The summed E-state index contributed by atoms with van der Waals surface area (Å²) in [6, 6.07) is 15.5. The van der Waals surface area contributed by atoms with Gasteiger partial charge in [-0.3, -0.25) is 4.79 Å². The fourth-order valence-corrected chi connectivity index (χ4v) is 4.42. The van der Waals surface area contributed by atoms with E-state index >= 15 is 0 Å². The summed E-state index contributed by atoms with van der Waals surface area (Å²) in [6.45, 7) is 5.42. The van der Waals surface area contributed by atoms with Gasteiger partial charge in [-0.2, -0.15) is 0 Å². The summed E-state index contributed by atoms with van der Waals surface area (Å²) in [6.07, 6.45) is 1.75. The number of aryl methyl sites for hydroxylation is 1. The Morgan fingerprint density at radius 3 is 2.70 bits per heavy atom. The molecule has 0 saturated carbocycles. The summed E-state index contributed by atoms with van der Waals surface area (Å²) < 4.78 is 5.34. The minimum Gasteiger partial charge on any atom is -0.497 e. The predicted molar refractivity (Wildman–Crippen MR) is 135 cm³/mol. The third-order valence-corrected chi connectivity index (χ3v) is 6.54. The van der Waals surface area contributed by atoms with Gasteiger partial charge in [-0.1, -0.05) is 35.5 Å². The number of anilines is 3. The molecule has 1 amide bonds. The summed E-state index contributed by atoms with van der Waals surface area (Å²) in [5.41, 5.74) is 2.84. The first-order valence-corrected chi connectivity index (χ1v) is 12.0. The van der Waals surface area contributed by atoms with Crippen LogP contribution in [0, 0.1) is 6.92 Å². The number of hydrogen-bond donors (Lipinski definition) is 1. The molecule has 4 rings (SSSR count). The smallest absolute Gasteiger partial charge is 0.234 e. The lowest BCUT2D eigenvalue weighted by Crippen LogP contribution is -2.46. The first kappa shape index (κ1) is 23.2. The van der Waals surface area contributed by atoms with Gasteiger partial charge in [-0.15, -0.1) is 0 Å². The molecule has 0 radical (unpaired) electrons. The van der Waals surface area contributed by atoms with E-state index in [4.69, 9.17) is 16.3 Å². The molecular formula is C24H26ClN5O2S. The van der Waals surface area contributed by atoms with Gasteiger partial charge >= 0.3 is 0 Å². The number of amides is 1. The Labute approximate surface area is 203 Å². The molecular weight excluding hydrogens is 458 g/mol. The summed E-state index contributed by atoms with van der Waals surface area (Å²) in [5, 5.41) is 4.08. The van der Waals surface area contributed by atoms with Gasteiger partial charge in [0.15, 0.2) is 5.16 Å². The van der Waals surface area contributed by atoms with Crippen LogP contribution < -0.4 is 19.9 Å². The van der Waals surface area contributed by atoms with Crippen LogP contribution in [0.1, 0.15) is 5.56 Å². The second-order valence-electron chi connectivity index (χ2n) is 7.67. The molecule has 0 aliphatic carbocycles. The number of halogens is 1. The Morgan fingerprint density at radius 1 is 1.12 bits per heavy atom. The molecule has 7 nitrogen and oxygen atoms in total. The Bertz CT molecular complexity index is 1120. The number of ether oxygens (including phenoxy) is 1. The van der Waals surface area contributed by atoms with Crippen LogP contribution in [0.4, 0.5) is 17.2 Å². The van der Waals surface area contributed by atoms with Crippen molar-refractivity contribution in [3.63, 3.8) is 0 Å². The number of rotatable bonds is 7. The van der Waals surface area contributed by atoms with Gasteiger partial charge in [0.1, 0.15) is 11.6 Å². The highest BCUT2D eigenvalue weighted by molar-refractivity contribution is 7.99. The summed E-state index contributed by atoms with van der Waals surface area (Å²) >= 11 is 7.35. The fraction of sp³-hybridized carbons (Fsp3) is 0.292. The number of carbonyl (C=O) groups is 1. The van der Waals surface area contributed by atoms with Gasteiger partial charge in [-0.05, 0) is 42.8 Å². The lowest BCUT2D eigenvalue weighted by atomic mass is 10.2. The zero-order valence-electron chi connectivity index (χ0n) is 18.6. The van der Waals surface area contributed by atoms with Crippen LogP contribution in [0.15, 0.2) is 59.9 Å². The highest BCUT2D eigenvalue weighted by Gasteiger charge is 2.19. The quantitative estimate of drug-likeness (QED) is 0.391. The standard InChI is InChI=1S/C24H26ClN5O2S/c1-17-6-7-18(25)14-21(17)27-23(31)16-33-24-26-9-8-22(28-24)30-12-10-29(11-13-30)19-4-3-5-20(15-19)32-2/h3-9,14-15H,10-13,16H2,1-2H3,(H,27,31). The van der Waals surface area contributed by atoms with Crippen LogP contribution >= 0.6 is 23.4 Å². The number of piperazine rings is 1. The zero-order chi connectivity index (χ0) is 23.2. The molecule has 1 fully saturated rings. The molecule has 0 spiro atoms. The van der Waals surface area contributed by atoms with Crippen molar-refractivity contribution in [2.45, 2.75) is 12.1 Å². The number of nitrogens with one attached hydrogen (secondary N) is 1. The van der Waals surface area contributed by atoms with Crippen molar-refractivity contribution in [1.82, 2.24) is 9.97 Å². The van der Waals surface area contributed by atoms with Gasteiger partial charge < -0.3 is 19.9 Å². The van der Waals surface area contributed by atoms with Crippen molar-refractivity contribution in [2.75, 3.05) is 54.2 Å². The molecule has 1 saturated heterocycles. The molecule has 33 heavy (non-hydrogen) atoms. The molecule has 2 heterocycles.